The molecule has 3 rings (SSSR count). The number of benzene rings is 2. The summed E-state index contributed by atoms with van der Waals surface area (Å²) in [5.41, 5.74) is 1.20. The maximum absolute atomic E-state index is 12.9. The van der Waals surface area contributed by atoms with Crippen molar-refractivity contribution in [1.29, 1.82) is 0 Å². The van der Waals surface area contributed by atoms with Gasteiger partial charge >= 0.3 is 5.97 Å². The maximum Gasteiger partial charge on any atom is 0.331 e. The molecule has 1 heterocycles. The highest BCUT2D eigenvalue weighted by Gasteiger charge is 2.24. The Bertz CT molecular complexity index is 1100. The van der Waals surface area contributed by atoms with E-state index < -0.39 is 28.0 Å². The number of nitrogens with one attached hydrogen (secondary N) is 1. The van der Waals surface area contributed by atoms with Crippen molar-refractivity contribution in [2.24, 2.45) is 0 Å². The Balaban J connectivity index is 1.54. The van der Waals surface area contributed by atoms with E-state index in [1.165, 1.54) is 31.2 Å². The fraction of sp³-hybridized carbons (Fsp3) is 0.360. The first-order valence-electron chi connectivity index (χ1n) is 11.2. The number of sulfonamides is 1. The van der Waals surface area contributed by atoms with Gasteiger partial charge in [-0.3, -0.25) is 4.79 Å². The normalized spacial score (nSPS) is 15.9. The first kappa shape index (κ1) is 25.5. The summed E-state index contributed by atoms with van der Waals surface area (Å²) >= 11 is 0. The van der Waals surface area contributed by atoms with Crippen LogP contribution < -0.4 is 10.1 Å². The molecule has 0 bridgehead atoms. The molecule has 0 saturated carbocycles. The highest BCUT2D eigenvalue weighted by molar-refractivity contribution is 7.89. The van der Waals surface area contributed by atoms with Gasteiger partial charge in [0.15, 0.2) is 6.10 Å². The number of hydrogen-bond acceptors (Lipinski definition) is 6. The number of methoxy groups -OCH3 is 1. The zero-order valence-corrected chi connectivity index (χ0v) is 20.2. The third-order valence-corrected chi connectivity index (χ3v) is 7.43. The lowest BCUT2D eigenvalue weighted by atomic mass is 10.2. The van der Waals surface area contributed by atoms with E-state index in [2.05, 4.69) is 5.32 Å². The molecular weight excluding hydrogens is 456 g/mol. The lowest BCUT2D eigenvalue weighted by Gasteiger charge is -2.19. The van der Waals surface area contributed by atoms with Gasteiger partial charge in [-0.15, -0.1) is 0 Å². The summed E-state index contributed by atoms with van der Waals surface area (Å²) in [5, 5.41) is 2.67. The summed E-state index contributed by atoms with van der Waals surface area (Å²) in [7, 11) is -1.97. The van der Waals surface area contributed by atoms with Crippen molar-refractivity contribution >= 4 is 33.7 Å². The first-order valence-corrected chi connectivity index (χ1v) is 12.7. The van der Waals surface area contributed by atoms with Gasteiger partial charge in [-0.1, -0.05) is 25.0 Å². The summed E-state index contributed by atoms with van der Waals surface area (Å²) < 4.78 is 37.5. The highest BCUT2D eigenvalue weighted by atomic mass is 32.2. The molecule has 1 aliphatic heterocycles. The molecule has 2 aromatic rings. The van der Waals surface area contributed by atoms with Crippen molar-refractivity contribution in [1.82, 2.24) is 4.31 Å². The fourth-order valence-corrected chi connectivity index (χ4v) is 5.05. The van der Waals surface area contributed by atoms with Crippen LogP contribution in [-0.4, -0.2) is 50.9 Å². The predicted octanol–water partition coefficient (Wildman–Crippen LogP) is 3.84. The Kier molecular flexibility index (Phi) is 8.84. The van der Waals surface area contributed by atoms with Crippen LogP contribution in [-0.2, 0) is 24.3 Å². The number of rotatable bonds is 8. The van der Waals surface area contributed by atoms with Crippen LogP contribution in [0.2, 0.25) is 0 Å². The molecule has 8 nitrogen and oxygen atoms in total. The van der Waals surface area contributed by atoms with Crippen LogP contribution in [0, 0.1) is 0 Å². The number of anilines is 1. The topological polar surface area (TPSA) is 102 Å². The van der Waals surface area contributed by atoms with Crippen molar-refractivity contribution in [3.8, 4) is 5.75 Å². The Hall–Kier alpha value is -3.17. The molecule has 1 N–H and O–H groups in total. The molecule has 1 unspecified atom stereocenters. The molecule has 1 amide bonds. The third-order valence-electron chi connectivity index (χ3n) is 5.51. The van der Waals surface area contributed by atoms with Crippen molar-refractivity contribution < 1.29 is 27.5 Å². The molecule has 0 radical (unpaired) electrons. The largest absolute Gasteiger partial charge is 0.497 e. The van der Waals surface area contributed by atoms with Crippen LogP contribution in [0.1, 0.15) is 38.2 Å². The van der Waals surface area contributed by atoms with Gasteiger partial charge in [-0.25, -0.2) is 13.2 Å². The molecule has 1 atom stereocenters. The van der Waals surface area contributed by atoms with Crippen molar-refractivity contribution in [3.63, 3.8) is 0 Å². The van der Waals surface area contributed by atoms with E-state index in [1.807, 2.05) is 0 Å². The molecule has 1 fully saturated rings. The summed E-state index contributed by atoms with van der Waals surface area (Å²) in [4.78, 5) is 24.6. The number of amides is 1. The van der Waals surface area contributed by atoms with E-state index >= 15 is 0 Å². The van der Waals surface area contributed by atoms with E-state index in [9.17, 15) is 18.0 Å². The minimum atomic E-state index is -3.52. The zero-order valence-electron chi connectivity index (χ0n) is 19.4. The molecule has 0 spiro atoms. The van der Waals surface area contributed by atoms with Crippen LogP contribution in [0.25, 0.3) is 6.08 Å². The molecule has 2 aromatic carbocycles. The number of carbonyl (C=O) groups is 2. The van der Waals surface area contributed by atoms with Gasteiger partial charge in [0.1, 0.15) is 5.75 Å². The minimum Gasteiger partial charge on any atom is -0.497 e. The Morgan fingerprint density at radius 2 is 1.59 bits per heavy atom. The SMILES string of the molecule is COc1ccc(NC(=O)C(C)OC(=O)/C=C/c2ccc(S(=O)(=O)N3CCCCCC3)cc2)cc1. The second-order valence-corrected chi connectivity index (χ2v) is 9.96. The van der Waals surface area contributed by atoms with Gasteiger partial charge in [0, 0.05) is 24.9 Å². The lowest BCUT2D eigenvalue weighted by molar-refractivity contribution is -0.148. The number of ether oxygens (including phenoxy) is 2. The van der Waals surface area contributed by atoms with Gasteiger partial charge in [-0.2, -0.15) is 4.31 Å². The number of esters is 1. The summed E-state index contributed by atoms with van der Waals surface area (Å²) in [6, 6.07) is 13.1. The number of hydrogen-bond donors (Lipinski definition) is 1. The standard InChI is InChI=1S/C25H30N2O6S/c1-19(25(29)26-21-10-12-22(32-2)13-11-21)33-24(28)16-9-20-7-14-23(15-8-20)34(30,31)27-17-5-3-4-6-18-27/h7-16,19H,3-6,17-18H2,1-2H3,(H,26,29)/b16-9+. The molecular formula is C25H30N2O6S. The van der Waals surface area contributed by atoms with Crippen LogP contribution >= 0.6 is 0 Å². The van der Waals surface area contributed by atoms with E-state index in [4.69, 9.17) is 9.47 Å². The van der Waals surface area contributed by atoms with Crippen LogP contribution in [0.5, 0.6) is 5.75 Å². The van der Waals surface area contributed by atoms with Gasteiger partial charge in [0.2, 0.25) is 10.0 Å². The predicted molar refractivity (Wildman–Crippen MR) is 130 cm³/mol. The van der Waals surface area contributed by atoms with Crippen LogP contribution in [0.4, 0.5) is 5.69 Å². The van der Waals surface area contributed by atoms with Crippen molar-refractivity contribution in [3.05, 3.63) is 60.2 Å². The maximum atomic E-state index is 12.9. The Morgan fingerprint density at radius 1 is 0.971 bits per heavy atom. The lowest BCUT2D eigenvalue weighted by Crippen LogP contribution is -2.31. The summed E-state index contributed by atoms with van der Waals surface area (Å²) in [5.74, 6) is -0.483. The van der Waals surface area contributed by atoms with Crippen LogP contribution in [0.15, 0.2) is 59.5 Å². The molecule has 182 valence electrons. The highest BCUT2D eigenvalue weighted by Crippen LogP contribution is 2.21. The Labute approximate surface area is 200 Å². The molecule has 1 aliphatic rings. The smallest absolute Gasteiger partial charge is 0.331 e. The number of carbonyl (C=O) groups excluding carboxylic acids is 2. The van der Waals surface area contributed by atoms with Gasteiger partial charge in [-0.05, 0) is 67.8 Å². The average molecular weight is 487 g/mol. The molecule has 0 aliphatic carbocycles. The monoisotopic (exact) mass is 486 g/mol. The second-order valence-electron chi connectivity index (χ2n) is 8.02. The van der Waals surface area contributed by atoms with E-state index in [-0.39, 0.29) is 4.90 Å². The van der Waals surface area contributed by atoms with Gasteiger partial charge in [0.25, 0.3) is 5.91 Å². The third kappa shape index (κ3) is 6.91. The van der Waals surface area contributed by atoms with Crippen molar-refractivity contribution in [2.45, 2.75) is 43.6 Å². The first-order chi connectivity index (χ1) is 16.3. The Morgan fingerprint density at radius 3 is 2.18 bits per heavy atom. The summed E-state index contributed by atoms with van der Waals surface area (Å²) in [6.45, 7) is 2.56. The minimum absolute atomic E-state index is 0.234. The molecule has 1 saturated heterocycles. The van der Waals surface area contributed by atoms with E-state index in [0.717, 1.165) is 25.7 Å². The van der Waals surface area contributed by atoms with Gasteiger partial charge < -0.3 is 14.8 Å². The van der Waals surface area contributed by atoms with Gasteiger partial charge in [0.05, 0.1) is 12.0 Å². The van der Waals surface area contributed by atoms with Crippen molar-refractivity contribution in [2.75, 3.05) is 25.5 Å². The second kappa shape index (κ2) is 11.8. The van der Waals surface area contributed by atoms with Crippen LogP contribution in [0.3, 0.4) is 0 Å². The molecule has 9 heteroatoms. The average Bonchev–Trinajstić information content (AvgIpc) is 3.14. The van der Waals surface area contributed by atoms with E-state index in [0.29, 0.717) is 30.1 Å². The quantitative estimate of drug-likeness (QED) is 0.449. The molecule has 0 aromatic heterocycles. The number of nitrogens with zero attached hydrogens (tertiary/aromatic N) is 1. The zero-order chi connectivity index (χ0) is 24.6. The van der Waals surface area contributed by atoms with E-state index in [1.54, 1.807) is 47.8 Å². The summed E-state index contributed by atoms with van der Waals surface area (Å²) in [6.07, 6.45) is 5.56. The fourth-order valence-electron chi connectivity index (χ4n) is 3.53. The molecule has 34 heavy (non-hydrogen) atoms.